The van der Waals surface area contributed by atoms with Gasteiger partial charge in [0.1, 0.15) is 0 Å². The monoisotopic (exact) mass is 108 g/mol. The molecular formula is C8H12. The Kier molecular flexibility index (Phi) is 3.95. The maximum absolute atomic E-state index is 3.71. The van der Waals surface area contributed by atoms with Crippen molar-refractivity contribution in [3.05, 3.63) is 36.5 Å². The van der Waals surface area contributed by atoms with Crippen molar-refractivity contribution in [3.63, 3.8) is 0 Å². The molecule has 0 spiro atoms. The van der Waals surface area contributed by atoms with E-state index in [9.17, 15) is 0 Å². The zero-order chi connectivity index (χ0) is 6.41. The first-order valence-corrected chi connectivity index (χ1v) is 2.72. The fraction of sp³-hybridized carbons (Fsp3) is 0.250. The predicted molar refractivity (Wildman–Crippen MR) is 38.8 cm³/mol. The third-order valence-corrected chi connectivity index (χ3v) is 0.684. The van der Waals surface area contributed by atoms with E-state index in [1.165, 1.54) is 0 Å². The van der Waals surface area contributed by atoms with Gasteiger partial charge in [0.05, 0.1) is 0 Å². The van der Waals surface area contributed by atoms with Gasteiger partial charge >= 0.3 is 0 Å². The molecule has 0 aromatic heterocycles. The first-order valence-electron chi connectivity index (χ1n) is 2.72. The van der Waals surface area contributed by atoms with Crippen LogP contribution in [-0.2, 0) is 0 Å². The van der Waals surface area contributed by atoms with Crippen LogP contribution in [0.3, 0.4) is 0 Å². The van der Waals surface area contributed by atoms with Gasteiger partial charge in [0.25, 0.3) is 0 Å². The zero-order valence-electron chi connectivity index (χ0n) is 5.52. The lowest BCUT2D eigenvalue weighted by Gasteiger charge is -1.78. The molecule has 0 aliphatic carbocycles. The Labute approximate surface area is 51.2 Å². The molecule has 0 atom stereocenters. The lowest BCUT2D eigenvalue weighted by Crippen LogP contribution is -1.56. The Morgan fingerprint density at radius 1 is 1.38 bits per heavy atom. The molecule has 0 aromatic carbocycles. The molecule has 0 unspecified atom stereocenters. The lowest BCUT2D eigenvalue weighted by atomic mass is 10.3. The summed E-state index contributed by atoms with van der Waals surface area (Å²) in [5.74, 6) is 0. The van der Waals surface area contributed by atoms with Crippen molar-refractivity contribution in [2.24, 2.45) is 0 Å². The number of hydrogen-bond acceptors (Lipinski definition) is 0. The van der Waals surface area contributed by atoms with Gasteiger partial charge in [-0.3, -0.25) is 0 Å². The van der Waals surface area contributed by atoms with Crippen LogP contribution in [-0.4, -0.2) is 0 Å². The van der Waals surface area contributed by atoms with Gasteiger partial charge in [-0.1, -0.05) is 36.5 Å². The molecule has 0 heterocycles. The molecule has 0 bridgehead atoms. The molecule has 0 heteroatoms. The average molecular weight is 108 g/mol. The molecule has 0 saturated carbocycles. The summed E-state index contributed by atoms with van der Waals surface area (Å²) in [6.07, 6.45) is 7.91. The smallest absolute Gasteiger partial charge is 0.0404 e. The summed E-state index contributed by atoms with van der Waals surface area (Å²) in [5.41, 5.74) is 1.09. The first-order chi connectivity index (χ1) is 3.77. The molecule has 0 aliphatic heterocycles. The van der Waals surface area contributed by atoms with Crippen molar-refractivity contribution in [2.75, 3.05) is 0 Å². The van der Waals surface area contributed by atoms with Crippen LogP contribution in [0, 0.1) is 0 Å². The Balaban J connectivity index is 3.50. The highest BCUT2D eigenvalue weighted by atomic mass is 13.7. The fourth-order valence-electron chi connectivity index (χ4n) is 0.331. The van der Waals surface area contributed by atoms with E-state index in [1.807, 2.05) is 38.2 Å². The molecule has 8 heavy (non-hydrogen) atoms. The normalized spacial score (nSPS) is 11.2. The molecule has 0 aliphatic rings. The van der Waals surface area contributed by atoms with Gasteiger partial charge in [0.15, 0.2) is 0 Å². The topological polar surface area (TPSA) is 0 Å². The van der Waals surface area contributed by atoms with Crippen LogP contribution in [0.15, 0.2) is 36.5 Å². The Hall–Kier alpha value is -0.780. The van der Waals surface area contributed by atoms with E-state index in [0.717, 1.165) is 5.57 Å². The first kappa shape index (κ1) is 7.22. The summed E-state index contributed by atoms with van der Waals surface area (Å²) in [7, 11) is 0. The van der Waals surface area contributed by atoms with Crippen LogP contribution in [0.1, 0.15) is 13.8 Å². The number of allylic oxidation sites excluding steroid dienone is 5. The largest absolute Gasteiger partial charge is 0.0961 e. The summed E-state index contributed by atoms with van der Waals surface area (Å²) in [6.45, 7) is 7.67. The van der Waals surface area contributed by atoms with Crippen LogP contribution < -0.4 is 0 Å². The Bertz CT molecular complexity index is 116. The van der Waals surface area contributed by atoms with E-state index in [-0.39, 0.29) is 0 Å². The van der Waals surface area contributed by atoms with Crippen molar-refractivity contribution in [1.29, 1.82) is 0 Å². The van der Waals surface area contributed by atoms with Gasteiger partial charge in [-0.2, -0.15) is 0 Å². The molecule has 0 N–H and O–H groups in total. The van der Waals surface area contributed by atoms with Crippen LogP contribution in [0.25, 0.3) is 0 Å². The maximum atomic E-state index is 3.71. The van der Waals surface area contributed by atoms with Gasteiger partial charge in [0, 0.05) is 0 Å². The molecule has 0 fully saturated rings. The zero-order valence-corrected chi connectivity index (χ0v) is 5.52. The maximum Gasteiger partial charge on any atom is -0.0404 e. The molecular weight excluding hydrogens is 96.1 g/mol. The second-order valence-electron chi connectivity index (χ2n) is 1.73. The Morgan fingerprint density at radius 2 is 2.00 bits per heavy atom. The van der Waals surface area contributed by atoms with Crippen LogP contribution in [0.4, 0.5) is 0 Å². The molecule has 0 amide bonds. The summed E-state index contributed by atoms with van der Waals surface area (Å²) in [5, 5.41) is 0. The van der Waals surface area contributed by atoms with Gasteiger partial charge in [-0.25, -0.2) is 0 Å². The van der Waals surface area contributed by atoms with Gasteiger partial charge < -0.3 is 0 Å². The minimum Gasteiger partial charge on any atom is -0.0961 e. The van der Waals surface area contributed by atoms with E-state index >= 15 is 0 Å². The third-order valence-electron chi connectivity index (χ3n) is 0.684. The summed E-state index contributed by atoms with van der Waals surface area (Å²) >= 11 is 0. The highest BCUT2D eigenvalue weighted by Crippen LogP contribution is 1.88. The van der Waals surface area contributed by atoms with Crippen molar-refractivity contribution in [2.45, 2.75) is 13.8 Å². The SMILES string of the molecule is C=C(C)/C=C/C=C\C. The molecule has 0 saturated heterocycles. The molecule has 0 radical (unpaired) electrons. The summed E-state index contributed by atoms with van der Waals surface area (Å²) < 4.78 is 0. The lowest BCUT2D eigenvalue weighted by molar-refractivity contribution is 1.56. The summed E-state index contributed by atoms with van der Waals surface area (Å²) in [6, 6.07) is 0. The highest BCUT2D eigenvalue weighted by molar-refractivity contribution is 5.16. The van der Waals surface area contributed by atoms with E-state index < -0.39 is 0 Å². The van der Waals surface area contributed by atoms with Crippen LogP contribution >= 0.6 is 0 Å². The fourth-order valence-corrected chi connectivity index (χ4v) is 0.331. The van der Waals surface area contributed by atoms with Crippen molar-refractivity contribution >= 4 is 0 Å². The Morgan fingerprint density at radius 3 is 2.38 bits per heavy atom. The minimum atomic E-state index is 1.09. The minimum absolute atomic E-state index is 1.09. The second kappa shape index (κ2) is 4.38. The molecule has 0 nitrogen and oxygen atoms in total. The molecule has 0 aromatic rings. The summed E-state index contributed by atoms with van der Waals surface area (Å²) in [4.78, 5) is 0. The third kappa shape index (κ3) is 5.22. The van der Waals surface area contributed by atoms with Gasteiger partial charge in [-0.05, 0) is 13.8 Å². The predicted octanol–water partition coefficient (Wildman–Crippen LogP) is 2.69. The molecule has 0 rings (SSSR count). The standard InChI is InChI=1S/C8H12/c1-4-5-6-7-8(2)3/h4-7H,2H2,1,3H3/b5-4-,7-6+. The van der Waals surface area contributed by atoms with E-state index in [4.69, 9.17) is 0 Å². The van der Waals surface area contributed by atoms with Crippen molar-refractivity contribution < 1.29 is 0 Å². The van der Waals surface area contributed by atoms with E-state index in [2.05, 4.69) is 6.58 Å². The second-order valence-corrected chi connectivity index (χ2v) is 1.73. The highest BCUT2D eigenvalue weighted by Gasteiger charge is 1.66. The average Bonchev–Trinajstić information content (AvgIpc) is 1.66. The van der Waals surface area contributed by atoms with E-state index in [0.29, 0.717) is 0 Å². The quantitative estimate of drug-likeness (QED) is 0.477. The number of hydrogen-bond donors (Lipinski definition) is 0. The van der Waals surface area contributed by atoms with Crippen LogP contribution in [0.5, 0.6) is 0 Å². The van der Waals surface area contributed by atoms with E-state index in [1.54, 1.807) is 0 Å². The van der Waals surface area contributed by atoms with Gasteiger partial charge in [-0.15, -0.1) is 0 Å². The van der Waals surface area contributed by atoms with Crippen molar-refractivity contribution in [1.82, 2.24) is 0 Å². The van der Waals surface area contributed by atoms with Gasteiger partial charge in [0.2, 0.25) is 0 Å². The van der Waals surface area contributed by atoms with Crippen molar-refractivity contribution in [3.8, 4) is 0 Å². The molecule has 44 valence electrons. The van der Waals surface area contributed by atoms with Crippen LogP contribution in [0.2, 0.25) is 0 Å². The number of rotatable bonds is 2.